The second kappa shape index (κ2) is 4.63. The Morgan fingerprint density at radius 1 is 1.35 bits per heavy atom. The van der Waals surface area contributed by atoms with Crippen LogP contribution in [0.15, 0.2) is 18.2 Å². The molecule has 0 aromatic heterocycles. The highest BCUT2D eigenvalue weighted by Gasteiger charge is 2.30. The highest BCUT2D eigenvalue weighted by atomic mass is 16.5. The SMILES string of the molecule is COc1ccc(N2CC(O)CC2=O)c(OC)c1. The Labute approximate surface area is 99.6 Å². The first-order chi connectivity index (χ1) is 8.15. The second-order valence-corrected chi connectivity index (χ2v) is 3.90. The zero-order valence-electron chi connectivity index (χ0n) is 9.84. The summed E-state index contributed by atoms with van der Waals surface area (Å²) in [5.41, 5.74) is 0.662. The number of hydrogen-bond donors (Lipinski definition) is 1. The van der Waals surface area contributed by atoms with Crippen molar-refractivity contribution in [3.8, 4) is 11.5 Å². The number of anilines is 1. The molecule has 5 heteroatoms. The van der Waals surface area contributed by atoms with Gasteiger partial charge in [0.25, 0.3) is 0 Å². The number of amides is 1. The quantitative estimate of drug-likeness (QED) is 0.844. The Morgan fingerprint density at radius 3 is 2.65 bits per heavy atom. The summed E-state index contributed by atoms with van der Waals surface area (Å²) in [5.74, 6) is 1.13. The molecule has 1 amide bonds. The van der Waals surface area contributed by atoms with E-state index in [2.05, 4.69) is 0 Å². The number of hydrogen-bond acceptors (Lipinski definition) is 4. The molecule has 1 heterocycles. The highest BCUT2D eigenvalue weighted by molar-refractivity contribution is 5.97. The average Bonchev–Trinajstić information content (AvgIpc) is 2.67. The van der Waals surface area contributed by atoms with Crippen molar-refractivity contribution in [1.29, 1.82) is 0 Å². The molecule has 0 radical (unpaired) electrons. The van der Waals surface area contributed by atoms with E-state index in [0.29, 0.717) is 23.7 Å². The van der Waals surface area contributed by atoms with Crippen LogP contribution in [-0.2, 0) is 4.79 Å². The Hall–Kier alpha value is -1.75. The minimum absolute atomic E-state index is 0.0963. The molecule has 1 atom stereocenters. The molecule has 1 aromatic rings. The van der Waals surface area contributed by atoms with Crippen molar-refractivity contribution in [2.75, 3.05) is 25.7 Å². The number of methoxy groups -OCH3 is 2. The van der Waals surface area contributed by atoms with Crippen LogP contribution in [0.5, 0.6) is 11.5 Å². The molecular weight excluding hydrogens is 222 g/mol. The summed E-state index contributed by atoms with van der Waals surface area (Å²) in [5, 5.41) is 9.47. The van der Waals surface area contributed by atoms with Gasteiger partial charge in [0, 0.05) is 6.07 Å². The maximum atomic E-state index is 11.7. The lowest BCUT2D eigenvalue weighted by Crippen LogP contribution is -2.25. The van der Waals surface area contributed by atoms with Crippen molar-refractivity contribution in [2.24, 2.45) is 0 Å². The summed E-state index contributed by atoms with van der Waals surface area (Å²) in [6, 6.07) is 5.23. The lowest BCUT2D eigenvalue weighted by atomic mass is 10.2. The van der Waals surface area contributed by atoms with Crippen LogP contribution in [0.4, 0.5) is 5.69 Å². The molecule has 5 nitrogen and oxygen atoms in total. The number of benzene rings is 1. The van der Waals surface area contributed by atoms with Gasteiger partial charge in [0.05, 0.1) is 39.0 Å². The number of carbonyl (C=O) groups excluding carboxylic acids is 1. The zero-order valence-corrected chi connectivity index (χ0v) is 9.84. The standard InChI is InChI=1S/C12H15NO4/c1-16-9-3-4-10(11(6-9)17-2)13-7-8(14)5-12(13)15/h3-4,6,8,14H,5,7H2,1-2H3. The van der Waals surface area contributed by atoms with Crippen LogP contribution in [-0.4, -0.2) is 37.9 Å². The van der Waals surface area contributed by atoms with E-state index in [-0.39, 0.29) is 12.3 Å². The molecule has 1 aromatic carbocycles. The number of ether oxygens (including phenoxy) is 2. The first kappa shape index (κ1) is 11.7. The third kappa shape index (κ3) is 2.19. The van der Waals surface area contributed by atoms with E-state index in [1.165, 1.54) is 12.0 Å². The van der Waals surface area contributed by atoms with Crippen molar-refractivity contribution in [2.45, 2.75) is 12.5 Å². The topological polar surface area (TPSA) is 59.0 Å². The van der Waals surface area contributed by atoms with Crippen LogP contribution in [0.25, 0.3) is 0 Å². The van der Waals surface area contributed by atoms with Crippen molar-refractivity contribution in [3.05, 3.63) is 18.2 Å². The zero-order chi connectivity index (χ0) is 12.4. The molecule has 1 saturated heterocycles. The largest absolute Gasteiger partial charge is 0.497 e. The van der Waals surface area contributed by atoms with Crippen LogP contribution >= 0.6 is 0 Å². The number of carbonyl (C=O) groups is 1. The normalized spacial score (nSPS) is 19.6. The monoisotopic (exact) mass is 237 g/mol. The van der Waals surface area contributed by atoms with Gasteiger partial charge in [-0.15, -0.1) is 0 Å². The van der Waals surface area contributed by atoms with Crippen molar-refractivity contribution >= 4 is 11.6 Å². The van der Waals surface area contributed by atoms with Crippen LogP contribution in [0.1, 0.15) is 6.42 Å². The average molecular weight is 237 g/mol. The van der Waals surface area contributed by atoms with E-state index in [4.69, 9.17) is 9.47 Å². The molecule has 1 unspecified atom stereocenters. The van der Waals surface area contributed by atoms with Gasteiger partial charge in [0.1, 0.15) is 11.5 Å². The third-order valence-electron chi connectivity index (χ3n) is 2.78. The van der Waals surface area contributed by atoms with E-state index in [1.807, 2.05) is 0 Å². The van der Waals surface area contributed by atoms with Crippen LogP contribution < -0.4 is 14.4 Å². The van der Waals surface area contributed by atoms with Gasteiger partial charge >= 0.3 is 0 Å². The summed E-state index contributed by atoms with van der Waals surface area (Å²) in [4.78, 5) is 13.2. The lowest BCUT2D eigenvalue weighted by molar-refractivity contribution is -0.117. The summed E-state index contributed by atoms with van der Waals surface area (Å²) >= 11 is 0. The fourth-order valence-corrected chi connectivity index (χ4v) is 1.93. The van der Waals surface area contributed by atoms with Gasteiger partial charge in [-0.25, -0.2) is 0 Å². The van der Waals surface area contributed by atoms with E-state index >= 15 is 0 Å². The highest BCUT2D eigenvalue weighted by Crippen LogP contribution is 2.34. The lowest BCUT2D eigenvalue weighted by Gasteiger charge is -2.19. The van der Waals surface area contributed by atoms with Crippen molar-refractivity contribution < 1.29 is 19.4 Å². The maximum Gasteiger partial charge on any atom is 0.229 e. The van der Waals surface area contributed by atoms with Crippen LogP contribution in [0.2, 0.25) is 0 Å². The molecular formula is C12H15NO4. The molecule has 1 aliphatic heterocycles. The van der Waals surface area contributed by atoms with Crippen molar-refractivity contribution in [3.63, 3.8) is 0 Å². The maximum absolute atomic E-state index is 11.7. The van der Waals surface area contributed by atoms with Gasteiger partial charge in [0.15, 0.2) is 0 Å². The Balaban J connectivity index is 2.35. The number of rotatable bonds is 3. The first-order valence-corrected chi connectivity index (χ1v) is 5.36. The van der Waals surface area contributed by atoms with Gasteiger partial charge in [-0.05, 0) is 12.1 Å². The number of aliphatic hydroxyl groups excluding tert-OH is 1. The molecule has 0 bridgehead atoms. The minimum Gasteiger partial charge on any atom is -0.497 e. The number of nitrogens with zero attached hydrogens (tertiary/aromatic N) is 1. The van der Waals surface area contributed by atoms with Gasteiger partial charge in [-0.3, -0.25) is 4.79 Å². The molecule has 0 saturated carbocycles. The predicted octanol–water partition coefficient (Wildman–Crippen LogP) is 0.801. The third-order valence-corrected chi connectivity index (χ3v) is 2.78. The smallest absolute Gasteiger partial charge is 0.229 e. The van der Waals surface area contributed by atoms with Crippen molar-refractivity contribution in [1.82, 2.24) is 0 Å². The number of β-amino-alcohol motifs (C(OH)–C–C–N with tert-alkyl or cyclic N) is 1. The molecule has 0 aliphatic carbocycles. The summed E-state index contributed by atoms with van der Waals surface area (Å²) in [7, 11) is 3.11. The van der Waals surface area contributed by atoms with E-state index < -0.39 is 6.10 Å². The molecule has 1 fully saturated rings. The fraction of sp³-hybridized carbons (Fsp3) is 0.417. The fourth-order valence-electron chi connectivity index (χ4n) is 1.93. The van der Waals surface area contributed by atoms with Gasteiger partial charge in [-0.2, -0.15) is 0 Å². The molecule has 17 heavy (non-hydrogen) atoms. The summed E-state index contributed by atoms with van der Waals surface area (Å²) in [6.45, 7) is 0.307. The minimum atomic E-state index is -0.602. The molecule has 2 rings (SSSR count). The first-order valence-electron chi connectivity index (χ1n) is 5.36. The van der Waals surface area contributed by atoms with E-state index in [9.17, 15) is 9.90 Å². The summed E-state index contributed by atoms with van der Waals surface area (Å²) < 4.78 is 10.3. The second-order valence-electron chi connectivity index (χ2n) is 3.90. The predicted molar refractivity (Wildman–Crippen MR) is 62.5 cm³/mol. The number of aliphatic hydroxyl groups is 1. The molecule has 1 N–H and O–H groups in total. The molecule has 92 valence electrons. The van der Waals surface area contributed by atoms with Crippen LogP contribution in [0.3, 0.4) is 0 Å². The van der Waals surface area contributed by atoms with Crippen LogP contribution in [0, 0.1) is 0 Å². The van der Waals surface area contributed by atoms with Gasteiger partial charge < -0.3 is 19.5 Å². The Kier molecular flexibility index (Phi) is 3.19. The Bertz CT molecular complexity index is 433. The Morgan fingerprint density at radius 2 is 2.12 bits per heavy atom. The van der Waals surface area contributed by atoms with E-state index in [0.717, 1.165) is 0 Å². The molecule has 0 spiro atoms. The van der Waals surface area contributed by atoms with Gasteiger partial charge in [-0.1, -0.05) is 0 Å². The van der Waals surface area contributed by atoms with E-state index in [1.54, 1.807) is 25.3 Å². The summed E-state index contributed by atoms with van der Waals surface area (Å²) in [6.07, 6.45) is -0.441. The van der Waals surface area contributed by atoms with Gasteiger partial charge in [0.2, 0.25) is 5.91 Å². The molecule has 1 aliphatic rings.